The molecule has 2 unspecified atom stereocenters. The maximum atomic E-state index is 13.4. The van der Waals surface area contributed by atoms with E-state index < -0.39 is 17.5 Å². The number of anilines is 3. The van der Waals surface area contributed by atoms with Crippen LogP contribution in [0, 0.1) is 0 Å². The van der Waals surface area contributed by atoms with Crippen LogP contribution < -0.4 is 21.3 Å². The summed E-state index contributed by atoms with van der Waals surface area (Å²) >= 11 is 0. The Hall–Kier alpha value is -3.57. The predicted octanol–water partition coefficient (Wildman–Crippen LogP) is 3.54. The van der Waals surface area contributed by atoms with Crippen LogP contribution in [0.15, 0.2) is 30.5 Å². The van der Waals surface area contributed by atoms with Crippen LogP contribution in [0.2, 0.25) is 0 Å². The molecule has 2 heterocycles. The van der Waals surface area contributed by atoms with Gasteiger partial charge in [0.1, 0.15) is 5.82 Å². The van der Waals surface area contributed by atoms with Gasteiger partial charge in [0.15, 0.2) is 11.5 Å². The standard InChI is InChI=1S/C24H30F3N7O2/c1-14-17(31-22(36)33(2)3)5-4-12-34(14)18-13-29-19(20(28)35)21(32-18)30-16-8-6-15(7-9-16)23(10-11-23)24(25,26)27/h6-9,13-14,17H,4-5,10-12H2,1-3H3,(H2,28,35)(H,30,32)(H,31,36). The first-order valence-electron chi connectivity index (χ1n) is 11.8. The van der Waals surface area contributed by atoms with Gasteiger partial charge in [0.25, 0.3) is 5.91 Å². The average Bonchev–Trinajstić information content (AvgIpc) is 3.63. The second-order valence-electron chi connectivity index (χ2n) is 9.60. The summed E-state index contributed by atoms with van der Waals surface area (Å²) < 4.78 is 40.3. The number of primary amides is 1. The molecule has 1 aromatic heterocycles. The number of carbonyl (C=O) groups excluding carboxylic acids is 2. The molecule has 0 spiro atoms. The number of nitrogens with zero attached hydrogens (tertiary/aromatic N) is 4. The first-order valence-corrected chi connectivity index (χ1v) is 11.8. The Balaban J connectivity index is 1.57. The van der Waals surface area contributed by atoms with Crippen molar-refractivity contribution in [2.45, 2.75) is 56.3 Å². The zero-order chi connectivity index (χ0) is 26.3. The summed E-state index contributed by atoms with van der Waals surface area (Å²) in [5, 5.41) is 6.00. The lowest BCUT2D eigenvalue weighted by Gasteiger charge is -2.40. The molecule has 0 radical (unpaired) electrons. The highest BCUT2D eigenvalue weighted by Crippen LogP contribution is 2.58. The molecule has 4 rings (SSSR count). The Bertz CT molecular complexity index is 1130. The summed E-state index contributed by atoms with van der Waals surface area (Å²) in [6.45, 7) is 2.65. The summed E-state index contributed by atoms with van der Waals surface area (Å²) in [7, 11) is 3.35. The van der Waals surface area contributed by atoms with Crippen LogP contribution in [0.25, 0.3) is 0 Å². The number of nitrogens with one attached hydrogen (secondary N) is 2. The molecule has 1 aliphatic carbocycles. The molecule has 9 nitrogen and oxygen atoms in total. The number of benzene rings is 1. The average molecular weight is 506 g/mol. The third-order valence-corrected chi connectivity index (χ3v) is 6.98. The quantitative estimate of drug-likeness (QED) is 0.553. The molecule has 2 fully saturated rings. The molecule has 0 bridgehead atoms. The smallest absolute Gasteiger partial charge is 0.364 e. The van der Waals surface area contributed by atoms with Crippen LogP contribution >= 0.6 is 0 Å². The lowest BCUT2D eigenvalue weighted by molar-refractivity contribution is -0.160. The van der Waals surface area contributed by atoms with Gasteiger partial charge in [-0.05, 0) is 50.3 Å². The topological polar surface area (TPSA) is 116 Å². The molecule has 2 atom stereocenters. The number of hydrogen-bond donors (Lipinski definition) is 3. The van der Waals surface area contributed by atoms with Crippen LogP contribution in [0.3, 0.4) is 0 Å². The molecular weight excluding hydrogens is 475 g/mol. The fourth-order valence-electron chi connectivity index (χ4n) is 4.60. The van der Waals surface area contributed by atoms with Gasteiger partial charge in [0.05, 0.1) is 17.7 Å². The predicted molar refractivity (Wildman–Crippen MR) is 129 cm³/mol. The zero-order valence-corrected chi connectivity index (χ0v) is 20.4. The minimum atomic E-state index is -4.30. The summed E-state index contributed by atoms with van der Waals surface area (Å²) in [6, 6.07) is 5.53. The normalized spacial score (nSPS) is 21.0. The zero-order valence-electron chi connectivity index (χ0n) is 20.4. The molecule has 1 saturated carbocycles. The van der Waals surface area contributed by atoms with E-state index >= 15 is 0 Å². The van der Waals surface area contributed by atoms with E-state index in [9.17, 15) is 22.8 Å². The van der Waals surface area contributed by atoms with Crippen molar-refractivity contribution in [3.8, 4) is 0 Å². The van der Waals surface area contributed by atoms with E-state index in [2.05, 4.69) is 20.6 Å². The van der Waals surface area contributed by atoms with Gasteiger partial charge < -0.3 is 26.2 Å². The van der Waals surface area contributed by atoms with Crippen molar-refractivity contribution in [2.24, 2.45) is 5.73 Å². The third kappa shape index (κ3) is 4.89. The molecule has 2 aromatic rings. The van der Waals surface area contributed by atoms with Gasteiger partial charge >= 0.3 is 12.2 Å². The van der Waals surface area contributed by atoms with Crippen LogP contribution in [-0.2, 0) is 5.41 Å². The summed E-state index contributed by atoms with van der Waals surface area (Å²) in [5.74, 6) is -0.189. The van der Waals surface area contributed by atoms with Gasteiger partial charge in [-0.15, -0.1) is 0 Å². The van der Waals surface area contributed by atoms with E-state index in [1.165, 1.54) is 35.4 Å². The summed E-state index contributed by atoms with van der Waals surface area (Å²) in [6.07, 6.45) is -1.07. The lowest BCUT2D eigenvalue weighted by atomic mass is 9.95. The third-order valence-electron chi connectivity index (χ3n) is 6.98. The van der Waals surface area contributed by atoms with Crippen LogP contribution in [0.4, 0.5) is 35.3 Å². The van der Waals surface area contributed by atoms with Crippen molar-refractivity contribution < 1.29 is 22.8 Å². The molecule has 12 heteroatoms. The van der Waals surface area contributed by atoms with Crippen LogP contribution in [0.1, 0.15) is 48.7 Å². The fourth-order valence-corrected chi connectivity index (χ4v) is 4.60. The number of amides is 3. The van der Waals surface area contributed by atoms with E-state index in [4.69, 9.17) is 5.73 Å². The van der Waals surface area contributed by atoms with E-state index in [0.717, 1.165) is 12.8 Å². The van der Waals surface area contributed by atoms with Gasteiger partial charge in [-0.2, -0.15) is 13.2 Å². The van der Waals surface area contributed by atoms with Gasteiger partial charge in [0.2, 0.25) is 0 Å². The summed E-state index contributed by atoms with van der Waals surface area (Å²) in [4.78, 5) is 36.4. The second kappa shape index (κ2) is 9.47. The second-order valence-corrected chi connectivity index (χ2v) is 9.60. The van der Waals surface area contributed by atoms with Crippen molar-refractivity contribution in [1.29, 1.82) is 0 Å². The highest BCUT2D eigenvalue weighted by atomic mass is 19.4. The molecule has 1 aromatic carbocycles. The van der Waals surface area contributed by atoms with Crippen molar-refractivity contribution in [3.63, 3.8) is 0 Å². The molecule has 1 aliphatic heterocycles. The number of nitrogens with two attached hydrogens (primary N) is 1. The maximum absolute atomic E-state index is 13.4. The molecule has 2 aliphatic rings. The minimum absolute atomic E-state index is 0.0760. The monoisotopic (exact) mass is 505 g/mol. The highest BCUT2D eigenvalue weighted by Gasteiger charge is 2.64. The fraction of sp³-hybridized carbons (Fsp3) is 0.500. The van der Waals surface area contributed by atoms with Crippen LogP contribution in [-0.4, -0.2) is 65.7 Å². The van der Waals surface area contributed by atoms with E-state index in [1.54, 1.807) is 14.1 Å². The summed E-state index contributed by atoms with van der Waals surface area (Å²) in [5.41, 5.74) is 4.30. The highest BCUT2D eigenvalue weighted by molar-refractivity contribution is 5.96. The van der Waals surface area contributed by atoms with E-state index in [1.807, 2.05) is 11.8 Å². The molecule has 1 saturated heterocycles. The number of aromatic nitrogens is 2. The first kappa shape index (κ1) is 25.5. The van der Waals surface area contributed by atoms with Crippen molar-refractivity contribution in [2.75, 3.05) is 30.9 Å². The number of rotatable bonds is 6. The van der Waals surface area contributed by atoms with Crippen molar-refractivity contribution in [1.82, 2.24) is 20.2 Å². The van der Waals surface area contributed by atoms with Gasteiger partial charge in [0, 0.05) is 32.4 Å². The maximum Gasteiger partial charge on any atom is 0.398 e. The van der Waals surface area contributed by atoms with Gasteiger partial charge in [-0.25, -0.2) is 14.8 Å². The Kier molecular flexibility index (Phi) is 6.72. The molecule has 36 heavy (non-hydrogen) atoms. The Morgan fingerprint density at radius 3 is 2.42 bits per heavy atom. The van der Waals surface area contributed by atoms with Gasteiger partial charge in [-0.3, -0.25) is 4.79 Å². The number of urea groups is 1. The molecule has 3 amide bonds. The largest absolute Gasteiger partial charge is 0.398 e. The Morgan fingerprint density at radius 2 is 1.86 bits per heavy atom. The van der Waals surface area contributed by atoms with Gasteiger partial charge in [-0.1, -0.05) is 12.1 Å². The Morgan fingerprint density at radius 1 is 1.19 bits per heavy atom. The molecule has 4 N–H and O–H groups in total. The first-order chi connectivity index (χ1) is 16.9. The Labute approximate surface area is 207 Å². The number of hydrogen-bond acceptors (Lipinski definition) is 6. The van der Waals surface area contributed by atoms with E-state index in [-0.39, 0.29) is 48.0 Å². The minimum Gasteiger partial charge on any atom is -0.364 e. The molecular formula is C24H30F3N7O2. The van der Waals surface area contributed by atoms with Crippen molar-refractivity contribution >= 4 is 29.3 Å². The number of carbonyl (C=O) groups is 2. The number of halogens is 3. The lowest BCUT2D eigenvalue weighted by Crippen LogP contribution is -2.56. The van der Waals surface area contributed by atoms with E-state index in [0.29, 0.717) is 18.1 Å². The SMILES string of the molecule is CC1C(NC(=O)N(C)C)CCCN1c1cnc(C(N)=O)c(Nc2ccc(C3(C(F)(F)F)CC3)cc2)n1. The van der Waals surface area contributed by atoms with Crippen LogP contribution in [0.5, 0.6) is 0 Å². The molecule has 194 valence electrons. The number of alkyl halides is 3. The number of piperidine rings is 1. The van der Waals surface area contributed by atoms with Crippen molar-refractivity contribution in [3.05, 3.63) is 41.7 Å².